The predicted molar refractivity (Wildman–Crippen MR) is 107 cm³/mol. The number of aromatic nitrogens is 1. The van der Waals surface area contributed by atoms with E-state index >= 15 is 0 Å². The number of benzene rings is 1. The zero-order valence-electron chi connectivity index (χ0n) is 16.9. The SMILES string of the molecule is CSN[C@@H]1CN(C2=NOC(C)(c3ncc(F)cc3-c3c(F)cc(F)cc3F)C2)CC1(F)F. The van der Waals surface area contributed by atoms with Gasteiger partial charge in [0.25, 0.3) is 5.92 Å². The number of oxime groups is 1. The standard InChI is InChI=1S/C20H18F6N4OS/c1-19(6-16(28-31-19)30-8-15(29-32-2)20(25,26)9-30)18-12(3-11(22)7-27-18)17-13(23)4-10(21)5-14(17)24/h3-5,7,15,29H,6,8-9H2,1-2H3/t15-,19?/m1/s1. The molecule has 0 aliphatic carbocycles. The summed E-state index contributed by atoms with van der Waals surface area (Å²) in [5, 5.41) is 3.92. The number of rotatable bonds is 4. The molecule has 1 saturated heterocycles. The first-order chi connectivity index (χ1) is 15.0. The van der Waals surface area contributed by atoms with E-state index in [4.69, 9.17) is 4.84 Å². The van der Waals surface area contributed by atoms with Gasteiger partial charge >= 0.3 is 0 Å². The lowest BCUT2D eigenvalue weighted by molar-refractivity contribution is -0.0104. The van der Waals surface area contributed by atoms with Crippen molar-refractivity contribution in [3.05, 3.63) is 53.4 Å². The summed E-state index contributed by atoms with van der Waals surface area (Å²) in [6.07, 6.45) is 2.43. The van der Waals surface area contributed by atoms with E-state index in [1.165, 1.54) is 11.8 Å². The van der Waals surface area contributed by atoms with Crippen LogP contribution in [0.4, 0.5) is 26.3 Å². The maximum Gasteiger partial charge on any atom is 0.282 e. The molecule has 3 heterocycles. The van der Waals surface area contributed by atoms with E-state index in [0.29, 0.717) is 12.1 Å². The van der Waals surface area contributed by atoms with Crippen LogP contribution in [0.15, 0.2) is 29.6 Å². The molecule has 1 unspecified atom stereocenters. The van der Waals surface area contributed by atoms with Crippen LogP contribution in [-0.4, -0.2) is 47.0 Å². The van der Waals surface area contributed by atoms with Crippen LogP contribution in [0.25, 0.3) is 11.1 Å². The molecule has 4 rings (SSSR count). The van der Waals surface area contributed by atoms with Gasteiger partial charge in [-0.2, -0.15) is 0 Å². The largest absolute Gasteiger partial charge is 0.381 e. The first-order valence-corrected chi connectivity index (χ1v) is 10.7. The van der Waals surface area contributed by atoms with Crippen molar-refractivity contribution in [1.29, 1.82) is 0 Å². The maximum atomic E-state index is 14.4. The van der Waals surface area contributed by atoms with Crippen LogP contribution in [0.3, 0.4) is 0 Å². The Morgan fingerprint density at radius 3 is 2.47 bits per heavy atom. The Kier molecular flexibility index (Phi) is 5.78. The molecule has 1 aromatic carbocycles. The average molecular weight is 476 g/mol. The van der Waals surface area contributed by atoms with Gasteiger partial charge < -0.3 is 9.74 Å². The highest BCUT2D eigenvalue weighted by Crippen LogP contribution is 2.42. The van der Waals surface area contributed by atoms with Gasteiger partial charge in [0.2, 0.25) is 0 Å². The predicted octanol–water partition coefficient (Wildman–Crippen LogP) is 4.44. The number of likely N-dealkylation sites (tertiary alicyclic amines) is 1. The van der Waals surface area contributed by atoms with Crippen LogP contribution >= 0.6 is 11.9 Å². The lowest BCUT2D eigenvalue weighted by atomic mass is 9.90. The third-order valence-corrected chi connectivity index (χ3v) is 5.94. The average Bonchev–Trinajstić information content (AvgIpc) is 3.22. The molecule has 0 bridgehead atoms. The Labute approximate surface area is 184 Å². The summed E-state index contributed by atoms with van der Waals surface area (Å²) >= 11 is 1.08. The summed E-state index contributed by atoms with van der Waals surface area (Å²) < 4.78 is 87.4. The summed E-state index contributed by atoms with van der Waals surface area (Å²) in [7, 11) is 0. The minimum absolute atomic E-state index is 0.0307. The van der Waals surface area contributed by atoms with Crippen molar-refractivity contribution in [2.75, 3.05) is 19.3 Å². The Bertz CT molecular complexity index is 1060. The van der Waals surface area contributed by atoms with Gasteiger partial charge in [-0.25, -0.2) is 26.3 Å². The maximum absolute atomic E-state index is 14.4. The zero-order chi connectivity index (χ0) is 23.3. The normalized spacial score (nSPS) is 24.6. The highest BCUT2D eigenvalue weighted by atomic mass is 32.2. The van der Waals surface area contributed by atoms with Gasteiger partial charge in [-0.1, -0.05) is 17.1 Å². The molecule has 172 valence electrons. The molecule has 0 radical (unpaired) electrons. The fourth-order valence-electron chi connectivity index (χ4n) is 3.91. The third kappa shape index (κ3) is 4.01. The second-order valence-electron chi connectivity index (χ2n) is 7.82. The van der Waals surface area contributed by atoms with Crippen LogP contribution in [0.1, 0.15) is 19.0 Å². The summed E-state index contributed by atoms with van der Waals surface area (Å²) in [4.78, 5) is 10.8. The van der Waals surface area contributed by atoms with Crippen molar-refractivity contribution >= 4 is 17.8 Å². The van der Waals surface area contributed by atoms with E-state index in [0.717, 1.165) is 24.2 Å². The lowest BCUT2D eigenvalue weighted by Gasteiger charge is -2.25. The van der Waals surface area contributed by atoms with E-state index in [9.17, 15) is 26.3 Å². The van der Waals surface area contributed by atoms with Crippen molar-refractivity contribution in [1.82, 2.24) is 14.6 Å². The van der Waals surface area contributed by atoms with Crippen molar-refractivity contribution in [2.24, 2.45) is 5.16 Å². The summed E-state index contributed by atoms with van der Waals surface area (Å²) in [6.45, 7) is 0.879. The first-order valence-electron chi connectivity index (χ1n) is 9.51. The molecule has 2 aromatic rings. The summed E-state index contributed by atoms with van der Waals surface area (Å²) in [6, 6.07) is 0.696. The minimum Gasteiger partial charge on any atom is -0.381 e. The van der Waals surface area contributed by atoms with Gasteiger partial charge in [0.1, 0.15) is 35.1 Å². The molecular formula is C20H18F6N4OS. The molecule has 0 saturated carbocycles. The molecule has 5 nitrogen and oxygen atoms in total. The molecule has 2 aliphatic rings. The molecule has 0 amide bonds. The Morgan fingerprint density at radius 1 is 1.12 bits per heavy atom. The summed E-state index contributed by atoms with van der Waals surface area (Å²) in [5.74, 6) is -7.31. The molecule has 2 aliphatic heterocycles. The number of amidine groups is 1. The summed E-state index contributed by atoms with van der Waals surface area (Å²) in [5.41, 5.74) is -2.45. The topological polar surface area (TPSA) is 49.8 Å². The van der Waals surface area contributed by atoms with Crippen molar-refractivity contribution in [2.45, 2.75) is 30.9 Å². The van der Waals surface area contributed by atoms with Gasteiger partial charge in [0, 0.05) is 24.2 Å². The molecule has 32 heavy (non-hydrogen) atoms. The number of hydrogen-bond acceptors (Lipinski definition) is 6. The van der Waals surface area contributed by atoms with E-state index in [1.807, 2.05) is 0 Å². The second-order valence-corrected chi connectivity index (χ2v) is 8.46. The Morgan fingerprint density at radius 2 is 1.81 bits per heavy atom. The number of nitrogens with one attached hydrogen (secondary N) is 1. The second kappa shape index (κ2) is 8.14. The van der Waals surface area contributed by atoms with Gasteiger partial charge in [-0.15, -0.1) is 0 Å². The monoisotopic (exact) mass is 476 g/mol. The highest BCUT2D eigenvalue weighted by Gasteiger charge is 2.51. The van der Waals surface area contributed by atoms with Crippen molar-refractivity contribution in [3.8, 4) is 11.1 Å². The number of pyridine rings is 1. The number of alkyl halides is 2. The van der Waals surface area contributed by atoms with E-state index in [2.05, 4.69) is 14.9 Å². The molecule has 1 N–H and O–H groups in total. The van der Waals surface area contributed by atoms with Gasteiger partial charge in [-0.3, -0.25) is 9.71 Å². The number of halogens is 6. The number of nitrogens with zero attached hydrogens (tertiary/aromatic N) is 3. The fraction of sp³-hybridized carbons (Fsp3) is 0.400. The van der Waals surface area contributed by atoms with E-state index in [1.54, 1.807) is 6.26 Å². The molecule has 12 heteroatoms. The fourth-order valence-corrected chi connectivity index (χ4v) is 4.44. The van der Waals surface area contributed by atoms with Crippen molar-refractivity contribution in [3.63, 3.8) is 0 Å². The first kappa shape index (κ1) is 22.7. The van der Waals surface area contributed by atoms with E-state index in [-0.39, 0.29) is 30.1 Å². The lowest BCUT2D eigenvalue weighted by Crippen LogP contribution is -2.40. The van der Waals surface area contributed by atoms with Crippen LogP contribution in [0, 0.1) is 23.3 Å². The van der Waals surface area contributed by atoms with E-state index < -0.39 is 52.9 Å². The Hall–Kier alpha value is -2.47. The molecule has 1 fully saturated rings. The highest BCUT2D eigenvalue weighted by molar-refractivity contribution is 7.96. The van der Waals surface area contributed by atoms with Crippen LogP contribution in [-0.2, 0) is 10.4 Å². The minimum atomic E-state index is -3.01. The third-order valence-electron chi connectivity index (χ3n) is 5.42. The number of hydrogen-bond donors (Lipinski definition) is 1. The van der Waals surface area contributed by atoms with Gasteiger partial charge in [0.05, 0.1) is 30.4 Å². The quantitative estimate of drug-likeness (QED) is 0.523. The molecule has 0 spiro atoms. The van der Waals surface area contributed by atoms with Gasteiger partial charge in [0.15, 0.2) is 5.60 Å². The molecule has 2 atom stereocenters. The zero-order valence-corrected chi connectivity index (χ0v) is 17.8. The molecule has 1 aromatic heterocycles. The molecular weight excluding hydrogens is 458 g/mol. The smallest absolute Gasteiger partial charge is 0.282 e. The van der Waals surface area contributed by atoms with Gasteiger partial charge in [-0.05, 0) is 19.2 Å². The van der Waals surface area contributed by atoms with Crippen LogP contribution < -0.4 is 4.72 Å². The van der Waals surface area contributed by atoms with Crippen LogP contribution in [0.2, 0.25) is 0 Å². The van der Waals surface area contributed by atoms with Crippen LogP contribution in [0.5, 0.6) is 0 Å². The Balaban J connectivity index is 1.67. The van der Waals surface area contributed by atoms with Crippen molar-refractivity contribution < 1.29 is 31.2 Å².